The van der Waals surface area contributed by atoms with Crippen molar-refractivity contribution < 1.29 is 23.9 Å². The predicted molar refractivity (Wildman–Crippen MR) is 111 cm³/mol. The lowest BCUT2D eigenvalue weighted by atomic mass is 10.1. The summed E-state index contributed by atoms with van der Waals surface area (Å²) in [7, 11) is 0. The van der Waals surface area contributed by atoms with E-state index in [-0.39, 0.29) is 28.8 Å². The quantitative estimate of drug-likeness (QED) is 0.479. The smallest absolute Gasteiger partial charge is 0.359 e. The van der Waals surface area contributed by atoms with Crippen LogP contribution >= 0.6 is 11.6 Å². The molecule has 1 aromatic carbocycles. The highest BCUT2D eigenvalue weighted by atomic mass is 35.5. The lowest BCUT2D eigenvalue weighted by Gasteiger charge is -2.18. The minimum atomic E-state index is -0.837. The van der Waals surface area contributed by atoms with Gasteiger partial charge in [-0.05, 0) is 50.2 Å². The predicted octanol–water partition coefficient (Wildman–Crippen LogP) is 2.91. The summed E-state index contributed by atoms with van der Waals surface area (Å²) in [5, 5.41) is 7.05. The Morgan fingerprint density at radius 2 is 2.03 bits per heavy atom. The van der Waals surface area contributed by atoms with Crippen molar-refractivity contribution in [2.24, 2.45) is 0 Å². The van der Waals surface area contributed by atoms with Crippen molar-refractivity contribution in [3.63, 3.8) is 0 Å². The van der Waals surface area contributed by atoms with Crippen LogP contribution in [0.1, 0.15) is 32.2 Å². The molecule has 1 N–H and O–H groups in total. The van der Waals surface area contributed by atoms with Crippen molar-refractivity contribution in [1.29, 1.82) is 0 Å². The zero-order valence-corrected chi connectivity index (χ0v) is 17.4. The number of halogens is 1. The van der Waals surface area contributed by atoms with Crippen LogP contribution in [0.5, 0.6) is 5.75 Å². The summed E-state index contributed by atoms with van der Waals surface area (Å²) in [4.78, 5) is 40.7. The summed E-state index contributed by atoms with van der Waals surface area (Å²) in [6, 6.07) is 9.59. The maximum absolute atomic E-state index is 12.5. The number of ether oxygens (including phenoxy) is 2. The number of aromatic nitrogens is 3. The Morgan fingerprint density at radius 1 is 1.23 bits per heavy atom. The third-order valence-corrected chi connectivity index (χ3v) is 4.83. The van der Waals surface area contributed by atoms with E-state index in [9.17, 15) is 14.4 Å². The third-order valence-electron chi connectivity index (χ3n) is 4.52. The standard InChI is InChI=1S/C21H17ClN4O5/c1-11-7-12(2)26(25-11)18-6-4-14(22)20(24-18)21(29)31-9-16(27)13-3-5-17-15(8-13)23-19(28)10-30-17/h3-8H,9-10H2,1-2H3,(H,23,28). The van der Waals surface area contributed by atoms with Crippen molar-refractivity contribution in [3.8, 4) is 11.6 Å². The van der Waals surface area contributed by atoms with Gasteiger partial charge in [0.1, 0.15) is 5.75 Å². The minimum Gasteiger partial charge on any atom is -0.482 e. The molecule has 158 valence electrons. The van der Waals surface area contributed by atoms with Crippen LogP contribution in [0, 0.1) is 13.8 Å². The number of benzene rings is 1. The van der Waals surface area contributed by atoms with Gasteiger partial charge in [0.2, 0.25) is 0 Å². The average Bonchev–Trinajstić information content (AvgIpc) is 3.09. The van der Waals surface area contributed by atoms with Gasteiger partial charge in [-0.25, -0.2) is 14.5 Å². The van der Waals surface area contributed by atoms with E-state index in [4.69, 9.17) is 21.1 Å². The Hall–Kier alpha value is -3.72. The number of hydrogen-bond donors (Lipinski definition) is 1. The van der Waals surface area contributed by atoms with Crippen molar-refractivity contribution >= 4 is 34.9 Å². The lowest BCUT2D eigenvalue weighted by Crippen LogP contribution is -2.25. The molecule has 0 saturated carbocycles. The average molecular weight is 441 g/mol. The zero-order chi connectivity index (χ0) is 22.1. The zero-order valence-electron chi connectivity index (χ0n) is 16.6. The molecule has 1 aliphatic heterocycles. The Labute approximate surface area is 181 Å². The number of ketones is 1. The molecule has 10 heteroatoms. The van der Waals surface area contributed by atoms with Gasteiger partial charge in [-0.1, -0.05) is 11.6 Å². The number of Topliss-reactive ketones (excluding diaryl/α,β-unsaturated/α-hetero) is 1. The highest BCUT2D eigenvalue weighted by molar-refractivity contribution is 6.33. The lowest BCUT2D eigenvalue weighted by molar-refractivity contribution is -0.118. The molecular formula is C21H17ClN4O5. The van der Waals surface area contributed by atoms with Crippen LogP contribution in [-0.2, 0) is 9.53 Å². The molecule has 0 saturated heterocycles. The van der Waals surface area contributed by atoms with Crippen molar-refractivity contribution in [1.82, 2.24) is 14.8 Å². The second kappa shape index (κ2) is 8.19. The van der Waals surface area contributed by atoms with Gasteiger partial charge in [-0.3, -0.25) is 9.59 Å². The van der Waals surface area contributed by atoms with Crippen LogP contribution in [0.2, 0.25) is 5.02 Å². The van der Waals surface area contributed by atoms with Gasteiger partial charge in [-0.15, -0.1) is 0 Å². The van der Waals surface area contributed by atoms with E-state index in [1.807, 2.05) is 19.9 Å². The van der Waals surface area contributed by atoms with Gasteiger partial charge < -0.3 is 14.8 Å². The van der Waals surface area contributed by atoms with E-state index in [0.29, 0.717) is 17.3 Å². The van der Waals surface area contributed by atoms with Crippen LogP contribution in [-0.4, -0.2) is 45.6 Å². The van der Waals surface area contributed by atoms with Gasteiger partial charge in [-0.2, -0.15) is 5.10 Å². The van der Waals surface area contributed by atoms with Crippen molar-refractivity contribution in [2.75, 3.05) is 18.5 Å². The molecule has 1 aliphatic rings. The summed E-state index contributed by atoms with van der Waals surface area (Å²) in [5.74, 6) is -0.742. The first-order valence-electron chi connectivity index (χ1n) is 9.29. The van der Waals surface area contributed by atoms with E-state index in [0.717, 1.165) is 11.4 Å². The third kappa shape index (κ3) is 4.26. The molecule has 1 amide bonds. The number of nitrogens with zero attached hydrogens (tertiary/aromatic N) is 3. The maximum Gasteiger partial charge on any atom is 0.359 e. The summed E-state index contributed by atoms with van der Waals surface area (Å²) in [5.41, 5.74) is 2.16. The Bertz CT molecular complexity index is 1220. The molecule has 0 aliphatic carbocycles. The molecule has 3 heterocycles. The number of amides is 1. The summed E-state index contributed by atoms with van der Waals surface area (Å²) < 4.78 is 12.0. The second-order valence-electron chi connectivity index (χ2n) is 6.89. The molecular weight excluding hydrogens is 424 g/mol. The highest BCUT2D eigenvalue weighted by Crippen LogP contribution is 2.28. The first-order valence-corrected chi connectivity index (χ1v) is 9.67. The monoisotopic (exact) mass is 440 g/mol. The van der Waals surface area contributed by atoms with Crippen LogP contribution in [0.25, 0.3) is 5.82 Å². The Kier molecular flexibility index (Phi) is 5.43. The van der Waals surface area contributed by atoms with Gasteiger partial charge in [0.15, 0.2) is 30.5 Å². The molecule has 0 unspecified atom stereocenters. The Morgan fingerprint density at radius 3 is 2.77 bits per heavy atom. The number of anilines is 1. The number of esters is 1. The molecule has 9 nitrogen and oxygen atoms in total. The summed E-state index contributed by atoms with van der Waals surface area (Å²) in [6.07, 6.45) is 0. The van der Waals surface area contributed by atoms with Gasteiger partial charge >= 0.3 is 5.97 Å². The number of carbonyl (C=O) groups is 3. The first-order chi connectivity index (χ1) is 14.8. The normalized spacial score (nSPS) is 12.5. The summed E-state index contributed by atoms with van der Waals surface area (Å²) in [6.45, 7) is 3.11. The minimum absolute atomic E-state index is 0.0810. The molecule has 0 radical (unpaired) electrons. The SMILES string of the molecule is Cc1cc(C)n(-c2ccc(Cl)c(C(=O)OCC(=O)c3ccc4c(c3)NC(=O)CO4)n2)n1. The van der Waals surface area contributed by atoms with E-state index >= 15 is 0 Å². The van der Waals surface area contributed by atoms with Gasteiger partial charge in [0, 0.05) is 11.3 Å². The van der Waals surface area contributed by atoms with Crippen LogP contribution in [0.3, 0.4) is 0 Å². The molecule has 3 aromatic rings. The van der Waals surface area contributed by atoms with Gasteiger partial charge in [0.05, 0.1) is 16.4 Å². The van der Waals surface area contributed by atoms with Crippen molar-refractivity contribution in [2.45, 2.75) is 13.8 Å². The van der Waals surface area contributed by atoms with E-state index in [1.165, 1.54) is 18.2 Å². The molecule has 0 fully saturated rings. The fourth-order valence-electron chi connectivity index (χ4n) is 3.09. The summed E-state index contributed by atoms with van der Waals surface area (Å²) >= 11 is 6.12. The number of hydrogen-bond acceptors (Lipinski definition) is 7. The van der Waals surface area contributed by atoms with Crippen LogP contribution in [0.4, 0.5) is 5.69 Å². The molecule has 31 heavy (non-hydrogen) atoms. The fraction of sp³-hybridized carbons (Fsp3) is 0.190. The fourth-order valence-corrected chi connectivity index (χ4v) is 3.28. The number of nitrogens with one attached hydrogen (secondary N) is 1. The number of aryl methyl sites for hydroxylation is 2. The number of pyridine rings is 1. The first kappa shape index (κ1) is 20.5. The van der Waals surface area contributed by atoms with E-state index in [1.54, 1.807) is 16.8 Å². The number of fused-ring (bicyclic) bond motifs is 1. The molecule has 2 aromatic heterocycles. The second-order valence-corrected chi connectivity index (χ2v) is 7.29. The number of carbonyl (C=O) groups excluding carboxylic acids is 3. The Balaban J connectivity index is 1.48. The van der Waals surface area contributed by atoms with E-state index in [2.05, 4.69) is 15.4 Å². The van der Waals surface area contributed by atoms with Crippen molar-refractivity contribution in [3.05, 3.63) is 64.1 Å². The van der Waals surface area contributed by atoms with Crippen LogP contribution < -0.4 is 10.1 Å². The largest absolute Gasteiger partial charge is 0.482 e. The molecule has 4 rings (SSSR count). The molecule has 0 spiro atoms. The topological polar surface area (TPSA) is 112 Å². The van der Waals surface area contributed by atoms with E-state index < -0.39 is 18.4 Å². The highest BCUT2D eigenvalue weighted by Gasteiger charge is 2.21. The van der Waals surface area contributed by atoms with Gasteiger partial charge in [0.25, 0.3) is 5.91 Å². The number of rotatable bonds is 5. The molecule has 0 atom stereocenters. The maximum atomic E-state index is 12.5. The van der Waals surface area contributed by atoms with Crippen LogP contribution in [0.15, 0.2) is 36.4 Å². The molecule has 0 bridgehead atoms.